The second-order valence-electron chi connectivity index (χ2n) is 5.07. The highest BCUT2D eigenvalue weighted by Crippen LogP contribution is 2.18. The quantitative estimate of drug-likeness (QED) is 0.648. The minimum absolute atomic E-state index is 0.556. The lowest BCUT2D eigenvalue weighted by Gasteiger charge is -2.09. The van der Waals surface area contributed by atoms with Crippen LogP contribution in [0.2, 0.25) is 5.02 Å². The van der Waals surface area contributed by atoms with E-state index in [-0.39, 0.29) is 0 Å². The largest absolute Gasteiger partial charge is 0.489 e. The molecule has 0 aromatic heterocycles. The van der Waals surface area contributed by atoms with Crippen molar-refractivity contribution in [2.24, 2.45) is 0 Å². The molecule has 0 bridgehead atoms. The zero-order valence-corrected chi connectivity index (χ0v) is 13.2. The number of hydrogen-bond acceptors (Lipinski definition) is 2. The van der Waals surface area contributed by atoms with Crippen LogP contribution in [-0.2, 0) is 6.61 Å². The minimum Gasteiger partial charge on any atom is -0.489 e. The highest BCUT2D eigenvalue weighted by Gasteiger charge is 1.97. The summed E-state index contributed by atoms with van der Waals surface area (Å²) in [6, 6.07) is 15.8. The van der Waals surface area contributed by atoms with E-state index in [1.807, 2.05) is 36.4 Å². The molecule has 112 valence electrons. The van der Waals surface area contributed by atoms with Gasteiger partial charge in [-0.05, 0) is 48.4 Å². The van der Waals surface area contributed by atoms with Crippen molar-refractivity contribution in [2.75, 3.05) is 11.9 Å². The number of benzene rings is 2. The van der Waals surface area contributed by atoms with Gasteiger partial charge in [-0.15, -0.1) is 0 Å². The molecular weight excluding hydrogens is 282 g/mol. The first-order valence-electron chi connectivity index (χ1n) is 7.49. The summed E-state index contributed by atoms with van der Waals surface area (Å²) in [6.45, 7) is 3.80. The second-order valence-corrected chi connectivity index (χ2v) is 5.51. The molecule has 0 saturated carbocycles. The van der Waals surface area contributed by atoms with E-state index < -0.39 is 0 Å². The summed E-state index contributed by atoms with van der Waals surface area (Å²) < 4.78 is 5.76. The fraction of sp³-hybridized carbons (Fsp3) is 0.333. The first-order valence-corrected chi connectivity index (χ1v) is 7.87. The van der Waals surface area contributed by atoms with Crippen LogP contribution in [0, 0.1) is 0 Å². The van der Waals surface area contributed by atoms with Gasteiger partial charge in [0.05, 0.1) is 0 Å². The Labute approximate surface area is 132 Å². The van der Waals surface area contributed by atoms with Crippen LogP contribution >= 0.6 is 11.6 Å². The number of halogens is 1. The molecule has 2 aromatic rings. The number of ether oxygens (including phenoxy) is 1. The van der Waals surface area contributed by atoms with Gasteiger partial charge in [0, 0.05) is 17.3 Å². The summed E-state index contributed by atoms with van der Waals surface area (Å²) in [5.74, 6) is 0.879. The van der Waals surface area contributed by atoms with Crippen molar-refractivity contribution in [3.8, 4) is 5.75 Å². The summed E-state index contributed by atoms with van der Waals surface area (Å²) in [6.07, 6.45) is 3.74. The SMILES string of the molecule is CCCCCNc1ccc(OCc2ccc(Cl)cc2)cc1. The Morgan fingerprint density at radius 3 is 2.33 bits per heavy atom. The summed E-state index contributed by atoms with van der Waals surface area (Å²) in [7, 11) is 0. The summed E-state index contributed by atoms with van der Waals surface area (Å²) in [4.78, 5) is 0. The Morgan fingerprint density at radius 2 is 1.67 bits per heavy atom. The molecule has 21 heavy (non-hydrogen) atoms. The molecule has 0 amide bonds. The Hall–Kier alpha value is -1.67. The highest BCUT2D eigenvalue weighted by atomic mass is 35.5. The molecule has 0 atom stereocenters. The Balaban J connectivity index is 1.78. The lowest BCUT2D eigenvalue weighted by molar-refractivity contribution is 0.306. The zero-order valence-electron chi connectivity index (χ0n) is 12.4. The van der Waals surface area contributed by atoms with Crippen LogP contribution < -0.4 is 10.1 Å². The van der Waals surface area contributed by atoms with E-state index in [2.05, 4.69) is 24.4 Å². The van der Waals surface area contributed by atoms with Crippen molar-refractivity contribution >= 4 is 17.3 Å². The lowest BCUT2D eigenvalue weighted by Crippen LogP contribution is -2.01. The summed E-state index contributed by atoms with van der Waals surface area (Å²) >= 11 is 5.86. The third-order valence-corrected chi connectivity index (χ3v) is 3.53. The second kappa shape index (κ2) is 8.58. The Bertz CT molecular complexity index is 522. The van der Waals surface area contributed by atoms with Crippen LogP contribution in [0.5, 0.6) is 5.75 Å². The van der Waals surface area contributed by atoms with Gasteiger partial charge in [-0.2, -0.15) is 0 Å². The van der Waals surface area contributed by atoms with Crippen LogP contribution in [0.15, 0.2) is 48.5 Å². The van der Waals surface area contributed by atoms with E-state index in [9.17, 15) is 0 Å². The van der Waals surface area contributed by atoms with E-state index in [1.54, 1.807) is 0 Å². The highest BCUT2D eigenvalue weighted by molar-refractivity contribution is 6.30. The van der Waals surface area contributed by atoms with Gasteiger partial charge in [0.2, 0.25) is 0 Å². The van der Waals surface area contributed by atoms with Gasteiger partial charge in [-0.25, -0.2) is 0 Å². The van der Waals surface area contributed by atoms with E-state index in [0.717, 1.165) is 28.6 Å². The first-order chi connectivity index (χ1) is 10.3. The van der Waals surface area contributed by atoms with Gasteiger partial charge < -0.3 is 10.1 Å². The molecule has 0 radical (unpaired) electrons. The van der Waals surface area contributed by atoms with E-state index >= 15 is 0 Å². The Kier molecular flexibility index (Phi) is 6.42. The van der Waals surface area contributed by atoms with Gasteiger partial charge in [0.15, 0.2) is 0 Å². The summed E-state index contributed by atoms with van der Waals surface area (Å²) in [5, 5.41) is 4.16. The van der Waals surface area contributed by atoms with Crippen molar-refractivity contribution in [3.05, 3.63) is 59.1 Å². The number of anilines is 1. The molecule has 2 nitrogen and oxygen atoms in total. The molecule has 2 rings (SSSR count). The van der Waals surface area contributed by atoms with E-state index in [0.29, 0.717) is 6.61 Å². The van der Waals surface area contributed by atoms with Crippen LogP contribution in [0.3, 0.4) is 0 Å². The minimum atomic E-state index is 0.556. The molecule has 0 spiro atoms. The number of hydrogen-bond donors (Lipinski definition) is 1. The predicted octanol–water partition coefficient (Wildman–Crippen LogP) is 5.52. The van der Waals surface area contributed by atoms with Gasteiger partial charge >= 0.3 is 0 Å². The first kappa shape index (κ1) is 15.7. The standard InChI is InChI=1S/C18H22ClNO/c1-2-3-4-13-20-17-9-11-18(12-10-17)21-14-15-5-7-16(19)8-6-15/h5-12,20H,2-4,13-14H2,1H3. The average molecular weight is 304 g/mol. The molecule has 0 aliphatic carbocycles. The lowest BCUT2D eigenvalue weighted by atomic mass is 10.2. The molecule has 2 aromatic carbocycles. The van der Waals surface area contributed by atoms with Gasteiger partial charge in [-0.3, -0.25) is 0 Å². The summed E-state index contributed by atoms with van der Waals surface area (Å²) in [5.41, 5.74) is 2.26. The third kappa shape index (κ3) is 5.68. The molecule has 0 heterocycles. The van der Waals surface area contributed by atoms with Crippen molar-refractivity contribution in [3.63, 3.8) is 0 Å². The normalized spacial score (nSPS) is 10.4. The molecule has 0 aliphatic rings. The smallest absolute Gasteiger partial charge is 0.119 e. The van der Waals surface area contributed by atoms with Crippen molar-refractivity contribution in [1.82, 2.24) is 0 Å². The van der Waals surface area contributed by atoms with Crippen LogP contribution in [-0.4, -0.2) is 6.54 Å². The van der Waals surface area contributed by atoms with Gasteiger partial charge in [0.1, 0.15) is 12.4 Å². The molecule has 1 N–H and O–H groups in total. The van der Waals surface area contributed by atoms with Gasteiger partial charge in [0.25, 0.3) is 0 Å². The molecule has 0 fully saturated rings. The molecule has 0 saturated heterocycles. The molecule has 3 heteroatoms. The third-order valence-electron chi connectivity index (χ3n) is 3.28. The fourth-order valence-corrected chi connectivity index (χ4v) is 2.15. The number of rotatable bonds is 8. The van der Waals surface area contributed by atoms with E-state index in [1.165, 1.54) is 19.3 Å². The van der Waals surface area contributed by atoms with E-state index in [4.69, 9.17) is 16.3 Å². The molecule has 0 aliphatic heterocycles. The van der Waals surface area contributed by atoms with Crippen LogP contribution in [0.4, 0.5) is 5.69 Å². The van der Waals surface area contributed by atoms with Gasteiger partial charge in [-0.1, -0.05) is 43.5 Å². The van der Waals surface area contributed by atoms with Crippen molar-refractivity contribution in [2.45, 2.75) is 32.8 Å². The monoisotopic (exact) mass is 303 g/mol. The van der Waals surface area contributed by atoms with Crippen LogP contribution in [0.25, 0.3) is 0 Å². The maximum absolute atomic E-state index is 5.86. The topological polar surface area (TPSA) is 21.3 Å². The Morgan fingerprint density at radius 1 is 0.952 bits per heavy atom. The predicted molar refractivity (Wildman–Crippen MR) is 90.2 cm³/mol. The number of unbranched alkanes of at least 4 members (excludes halogenated alkanes) is 2. The van der Waals surface area contributed by atoms with Crippen LogP contribution in [0.1, 0.15) is 31.7 Å². The fourth-order valence-electron chi connectivity index (χ4n) is 2.02. The van der Waals surface area contributed by atoms with Crippen molar-refractivity contribution < 1.29 is 4.74 Å². The zero-order chi connectivity index (χ0) is 14.9. The maximum atomic E-state index is 5.86. The number of nitrogens with one attached hydrogen (secondary N) is 1. The molecular formula is C18H22ClNO. The average Bonchev–Trinajstić information content (AvgIpc) is 2.52. The molecule has 0 unspecified atom stereocenters. The maximum Gasteiger partial charge on any atom is 0.119 e. The van der Waals surface area contributed by atoms with Crippen molar-refractivity contribution in [1.29, 1.82) is 0 Å².